The second-order valence-electron chi connectivity index (χ2n) is 4.54. The lowest BCUT2D eigenvalue weighted by Gasteiger charge is -2.07. The summed E-state index contributed by atoms with van der Waals surface area (Å²) < 4.78 is 13.1. The molecular weight excluding hydrogens is 298 g/mol. The molecule has 0 N–H and O–H groups in total. The monoisotopic (exact) mass is 315 g/mol. The van der Waals surface area contributed by atoms with Gasteiger partial charge in [-0.15, -0.1) is 10.2 Å². The lowest BCUT2D eigenvalue weighted by molar-refractivity contribution is 0.344. The van der Waals surface area contributed by atoms with E-state index in [0.717, 1.165) is 34.8 Å². The summed E-state index contributed by atoms with van der Waals surface area (Å²) in [5.41, 5.74) is 0. The van der Waals surface area contributed by atoms with E-state index < -0.39 is 0 Å². The van der Waals surface area contributed by atoms with Crippen molar-refractivity contribution in [3.63, 3.8) is 0 Å². The van der Waals surface area contributed by atoms with Gasteiger partial charge >= 0.3 is 0 Å². The molecule has 3 aromatic rings. The van der Waals surface area contributed by atoms with Crippen molar-refractivity contribution in [2.75, 3.05) is 12.4 Å². The van der Waals surface area contributed by atoms with Crippen molar-refractivity contribution in [2.45, 2.75) is 18.6 Å². The molecule has 0 saturated heterocycles. The Kier molecular flexibility index (Phi) is 4.80. The summed E-state index contributed by atoms with van der Waals surface area (Å²) in [4.78, 5) is 0. The third-order valence-electron chi connectivity index (χ3n) is 3.10. The summed E-state index contributed by atoms with van der Waals surface area (Å²) in [6, 6.07) is 13.6. The molecule has 22 heavy (non-hydrogen) atoms. The number of hydrogen-bond donors (Lipinski definition) is 0. The van der Waals surface area contributed by atoms with E-state index in [1.165, 1.54) is 0 Å². The number of hydrogen-bond acceptors (Lipinski definition) is 5. The average Bonchev–Trinajstić information content (AvgIpc) is 3.21. The van der Waals surface area contributed by atoms with Gasteiger partial charge in [-0.3, -0.25) is 4.57 Å². The molecule has 0 radical (unpaired) electrons. The maximum Gasteiger partial charge on any atom is 0.200 e. The fraction of sp³-hybridized carbons (Fsp3) is 0.250. The minimum atomic E-state index is 0.626. The molecule has 0 aliphatic heterocycles. The van der Waals surface area contributed by atoms with Crippen LogP contribution in [0, 0.1) is 0 Å². The van der Waals surface area contributed by atoms with Crippen LogP contribution in [0.1, 0.15) is 6.92 Å². The molecule has 0 bridgehead atoms. The molecule has 0 unspecified atom stereocenters. The zero-order valence-electron chi connectivity index (χ0n) is 12.3. The SMILES string of the molecule is CCn1c(SCCOc2ccccc2)nnc1-c1ccco1. The van der Waals surface area contributed by atoms with E-state index in [2.05, 4.69) is 17.1 Å². The van der Waals surface area contributed by atoms with Crippen molar-refractivity contribution < 1.29 is 9.15 Å². The van der Waals surface area contributed by atoms with Crippen LogP contribution in [0.15, 0.2) is 58.3 Å². The summed E-state index contributed by atoms with van der Waals surface area (Å²) >= 11 is 1.63. The van der Waals surface area contributed by atoms with E-state index in [9.17, 15) is 0 Å². The number of thioether (sulfide) groups is 1. The largest absolute Gasteiger partial charge is 0.493 e. The molecule has 114 valence electrons. The predicted octanol–water partition coefficient (Wildman–Crippen LogP) is 3.73. The van der Waals surface area contributed by atoms with E-state index in [1.54, 1.807) is 18.0 Å². The maximum atomic E-state index is 5.68. The van der Waals surface area contributed by atoms with Gasteiger partial charge in [0.05, 0.1) is 12.9 Å². The van der Waals surface area contributed by atoms with Gasteiger partial charge in [-0.2, -0.15) is 0 Å². The maximum absolute atomic E-state index is 5.68. The summed E-state index contributed by atoms with van der Waals surface area (Å²) in [6.07, 6.45) is 1.64. The average molecular weight is 315 g/mol. The summed E-state index contributed by atoms with van der Waals surface area (Å²) in [6.45, 7) is 3.49. The van der Waals surface area contributed by atoms with Crippen LogP contribution in [0.4, 0.5) is 0 Å². The topological polar surface area (TPSA) is 53.1 Å². The van der Waals surface area contributed by atoms with Crippen molar-refractivity contribution in [3.05, 3.63) is 48.7 Å². The first kappa shape index (κ1) is 14.7. The molecule has 5 nitrogen and oxygen atoms in total. The molecule has 0 aliphatic rings. The molecule has 0 saturated carbocycles. The molecule has 2 heterocycles. The molecule has 0 amide bonds. The molecule has 1 aromatic carbocycles. The van der Waals surface area contributed by atoms with Gasteiger partial charge in [0, 0.05) is 12.3 Å². The third-order valence-corrected chi connectivity index (χ3v) is 4.03. The Bertz CT molecular complexity index is 696. The Hall–Kier alpha value is -2.21. The number of aromatic nitrogens is 3. The zero-order valence-corrected chi connectivity index (χ0v) is 13.1. The van der Waals surface area contributed by atoms with Gasteiger partial charge in [-0.25, -0.2) is 0 Å². The number of furan rings is 1. The van der Waals surface area contributed by atoms with E-state index in [4.69, 9.17) is 9.15 Å². The van der Waals surface area contributed by atoms with Crippen LogP contribution < -0.4 is 4.74 Å². The van der Waals surface area contributed by atoms with Crippen LogP contribution >= 0.6 is 11.8 Å². The van der Waals surface area contributed by atoms with Crippen molar-refractivity contribution in [2.24, 2.45) is 0 Å². The van der Waals surface area contributed by atoms with Crippen LogP contribution in [-0.4, -0.2) is 27.1 Å². The van der Waals surface area contributed by atoms with E-state index in [0.29, 0.717) is 6.61 Å². The standard InChI is InChI=1S/C16H17N3O2S/c1-2-19-15(14-9-6-10-21-14)17-18-16(19)22-12-11-20-13-7-4-3-5-8-13/h3-10H,2,11-12H2,1H3. The molecule has 0 atom stereocenters. The number of para-hydroxylation sites is 1. The summed E-state index contributed by atoms with van der Waals surface area (Å²) in [5.74, 6) is 3.20. The minimum absolute atomic E-state index is 0.626. The Labute approximate surface area is 133 Å². The van der Waals surface area contributed by atoms with Crippen molar-refractivity contribution in [3.8, 4) is 17.3 Å². The Balaban J connectivity index is 1.59. The van der Waals surface area contributed by atoms with Gasteiger partial charge in [0.25, 0.3) is 0 Å². The Morgan fingerprint density at radius 2 is 2.00 bits per heavy atom. The van der Waals surface area contributed by atoms with Gasteiger partial charge in [0.1, 0.15) is 5.75 Å². The molecular formula is C16H17N3O2S. The van der Waals surface area contributed by atoms with E-state index >= 15 is 0 Å². The second-order valence-corrected chi connectivity index (χ2v) is 5.60. The van der Waals surface area contributed by atoms with Gasteiger partial charge in [-0.05, 0) is 31.2 Å². The highest BCUT2D eigenvalue weighted by molar-refractivity contribution is 7.99. The molecule has 6 heteroatoms. The van der Waals surface area contributed by atoms with Gasteiger partial charge in [0.15, 0.2) is 16.7 Å². The lowest BCUT2D eigenvalue weighted by atomic mass is 10.3. The van der Waals surface area contributed by atoms with Crippen molar-refractivity contribution >= 4 is 11.8 Å². The quantitative estimate of drug-likeness (QED) is 0.491. The molecule has 0 fully saturated rings. The number of benzene rings is 1. The van der Waals surface area contributed by atoms with Gasteiger partial charge in [-0.1, -0.05) is 30.0 Å². The third kappa shape index (κ3) is 3.33. The normalized spacial score (nSPS) is 10.8. The van der Waals surface area contributed by atoms with Crippen LogP contribution in [0.2, 0.25) is 0 Å². The van der Waals surface area contributed by atoms with E-state index in [-0.39, 0.29) is 0 Å². The fourth-order valence-corrected chi connectivity index (χ4v) is 2.90. The number of ether oxygens (including phenoxy) is 1. The molecule has 3 rings (SSSR count). The van der Waals surface area contributed by atoms with Gasteiger partial charge in [0.2, 0.25) is 0 Å². The van der Waals surface area contributed by atoms with Crippen LogP contribution in [-0.2, 0) is 6.54 Å². The highest BCUT2D eigenvalue weighted by Gasteiger charge is 2.14. The van der Waals surface area contributed by atoms with Crippen molar-refractivity contribution in [1.82, 2.24) is 14.8 Å². The Morgan fingerprint density at radius 3 is 2.73 bits per heavy atom. The zero-order chi connectivity index (χ0) is 15.2. The van der Waals surface area contributed by atoms with Crippen LogP contribution in [0.5, 0.6) is 5.75 Å². The smallest absolute Gasteiger partial charge is 0.200 e. The fourth-order valence-electron chi connectivity index (χ4n) is 2.08. The minimum Gasteiger partial charge on any atom is -0.493 e. The first-order valence-electron chi connectivity index (χ1n) is 7.16. The van der Waals surface area contributed by atoms with E-state index in [1.807, 2.05) is 47.0 Å². The predicted molar refractivity (Wildman–Crippen MR) is 86.1 cm³/mol. The molecule has 0 aliphatic carbocycles. The number of nitrogens with zero attached hydrogens (tertiary/aromatic N) is 3. The lowest BCUT2D eigenvalue weighted by Crippen LogP contribution is -2.03. The van der Waals surface area contributed by atoms with Gasteiger partial charge < -0.3 is 9.15 Å². The first-order valence-corrected chi connectivity index (χ1v) is 8.14. The Morgan fingerprint density at radius 1 is 1.14 bits per heavy atom. The number of rotatable bonds is 7. The second kappa shape index (κ2) is 7.17. The molecule has 0 spiro atoms. The highest BCUT2D eigenvalue weighted by atomic mass is 32.2. The summed E-state index contributed by atoms with van der Waals surface area (Å²) in [5, 5.41) is 9.35. The van der Waals surface area contributed by atoms with Crippen LogP contribution in [0.25, 0.3) is 11.6 Å². The van der Waals surface area contributed by atoms with Crippen molar-refractivity contribution in [1.29, 1.82) is 0 Å². The van der Waals surface area contributed by atoms with Crippen LogP contribution in [0.3, 0.4) is 0 Å². The molecule has 2 aromatic heterocycles. The summed E-state index contributed by atoms with van der Waals surface area (Å²) in [7, 11) is 0. The highest BCUT2D eigenvalue weighted by Crippen LogP contribution is 2.24. The first-order chi connectivity index (χ1) is 10.9.